The molecule has 37 heavy (non-hydrogen) atoms. The van der Waals surface area contributed by atoms with Crippen LogP contribution in [0.15, 0.2) is 63.1 Å². The topological polar surface area (TPSA) is 99.8 Å². The first-order valence-electron chi connectivity index (χ1n) is 12.5. The van der Waals surface area contributed by atoms with Crippen LogP contribution in [0, 0.1) is 11.8 Å². The van der Waals surface area contributed by atoms with Crippen LogP contribution in [0.2, 0.25) is 5.02 Å². The lowest BCUT2D eigenvalue weighted by Gasteiger charge is -2.34. The van der Waals surface area contributed by atoms with Gasteiger partial charge in [-0.25, -0.2) is 19.1 Å². The number of nitrogens with zero attached hydrogens (tertiary/aromatic N) is 3. The van der Waals surface area contributed by atoms with E-state index in [1.165, 1.54) is 22.0 Å². The molecule has 196 valence electrons. The van der Waals surface area contributed by atoms with E-state index in [4.69, 9.17) is 25.8 Å². The summed E-state index contributed by atoms with van der Waals surface area (Å²) in [6.45, 7) is 5.54. The molecule has 0 amide bonds. The molecule has 2 aromatic carbocycles. The summed E-state index contributed by atoms with van der Waals surface area (Å²) in [6.07, 6.45) is 2.44. The van der Waals surface area contributed by atoms with Gasteiger partial charge in [-0.15, -0.1) is 0 Å². The van der Waals surface area contributed by atoms with E-state index in [0.29, 0.717) is 29.8 Å². The molecule has 10 heteroatoms. The summed E-state index contributed by atoms with van der Waals surface area (Å²) >= 11 is 6.04. The Kier molecular flexibility index (Phi) is 7.37. The van der Waals surface area contributed by atoms with E-state index < -0.39 is 17.2 Å². The highest BCUT2D eigenvalue weighted by atomic mass is 35.5. The Bertz CT molecular complexity index is 1410. The van der Waals surface area contributed by atoms with Crippen LogP contribution >= 0.6 is 11.6 Å². The minimum atomic E-state index is -0.677. The summed E-state index contributed by atoms with van der Waals surface area (Å²) in [6, 6.07) is 14.5. The molecule has 1 saturated carbocycles. The maximum absolute atomic E-state index is 13.6. The smallest absolute Gasteiger partial charge is 0.335 e. The molecule has 3 aromatic rings. The molecule has 1 aliphatic carbocycles. The van der Waals surface area contributed by atoms with Crippen LogP contribution in [0.3, 0.4) is 0 Å². The third-order valence-electron chi connectivity index (χ3n) is 6.46. The van der Waals surface area contributed by atoms with E-state index in [1.807, 2.05) is 38.1 Å². The second-order valence-corrected chi connectivity index (χ2v) is 10.5. The van der Waals surface area contributed by atoms with Gasteiger partial charge in [0.1, 0.15) is 5.75 Å². The number of aromatic nitrogens is 3. The van der Waals surface area contributed by atoms with Crippen LogP contribution in [-0.4, -0.2) is 39.7 Å². The van der Waals surface area contributed by atoms with Crippen LogP contribution in [0.5, 0.6) is 5.75 Å². The number of ether oxygens (including phenoxy) is 3. The molecule has 1 N–H and O–H groups in total. The summed E-state index contributed by atoms with van der Waals surface area (Å²) < 4.78 is 19.9. The largest absolute Gasteiger partial charge is 0.493 e. The van der Waals surface area contributed by atoms with Gasteiger partial charge in [-0.1, -0.05) is 23.7 Å². The Morgan fingerprint density at radius 3 is 2.32 bits per heavy atom. The second kappa shape index (κ2) is 10.7. The predicted molar refractivity (Wildman–Crippen MR) is 139 cm³/mol. The first kappa shape index (κ1) is 25.5. The highest BCUT2D eigenvalue weighted by molar-refractivity contribution is 6.30. The van der Waals surface area contributed by atoms with Crippen molar-refractivity contribution >= 4 is 17.3 Å². The van der Waals surface area contributed by atoms with Crippen molar-refractivity contribution in [2.45, 2.75) is 45.6 Å². The van der Waals surface area contributed by atoms with Crippen molar-refractivity contribution in [2.75, 3.05) is 19.8 Å². The molecule has 1 aromatic heterocycles. The Labute approximate surface area is 219 Å². The number of hydrogen-bond donors (Lipinski definition) is 1. The average molecular weight is 527 g/mol. The van der Waals surface area contributed by atoms with Crippen molar-refractivity contribution in [3.8, 4) is 5.75 Å². The minimum Gasteiger partial charge on any atom is -0.493 e. The quantitative estimate of drug-likeness (QED) is 0.484. The Morgan fingerprint density at radius 1 is 1.00 bits per heavy atom. The molecule has 0 atom stereocenters. The molecule has 5 rings (SSSR count). The second-order valence-electron chi connectivity index (χ2n) is 10.1. The SMILES string of the molecule is CC1(C)OCC(Cn2c(=O)[nH]/c(=N\c3ccc(OCC4CC4)cc3)n(Cc3ccc(Cl)cc3)c2=O)CO1. The zero-order chi connectivity index (χ0) is 26.0. The van der Waals surface area contributed by atoms with Crippen molar-refractivity contribution < 1.29 is 14.2 Å². The van der Waals surface area contributed by atoms with E-state index in [2.05, 4.69) is 9.98 Å². The first-order valence-corrected chi connectivity index (χ1v) is 12.9. The van der Waals surface area contributed by atoms with E-state index in [1.54, 1.807) is 24.3 Å². The molecular weight excluding hydrogens is 496 g/mol. The maximum Gasteiger partial charge on any atom is 0.335 e. The monoisotopic (exact) mass is 526 g/mol. The van der Waals surface area contributed by atoms with Gasteiger partial charge in [-0.05, 0) is 74.6 Å². The van der Waals surface area contributed by atoms with Crippen molar-refractivity contribution in [3.05, 3.63) is 85.7 Å². The fourth-order valence-corrected chi connectivity index (χ4v) is 4.17. The zero-order valence-corrected chi connectivity index (χ0v) is 21.7. The lowest BCUT2D eigenvalue weighted by Crippen LogP contribution is -2.52. The van der Waals surface area contributed by atoms with Gasteiger partial charge < -0.3 is 14.2 Å². The standard InChI is InChI=1S/C27H31ClN4O5/c1-27(2)36-16-20(17-37-27)14-32-25(33)30-24(31(26(32)34)13-18-5-7-21(28)8-6-18)29-22-9-11-23(12-10-22)35-15-19-3-4-19/h5-12,19-20H,3-4,13-17H2,1-2H3,(H,29,30,33). The molecule has 9 nitrogen and oxygen atoms in total. The molecular formula is C27H31ClN4O5. The Morgan fingerprint density at radius 2 is 1.68 bits per heavy atom. The summed E-state index contributed by atoms with van der Waals surface area (Å²) in [7, 11) is 0. The van der Waals surface area contributed by atoms with E-state index in [9.17, 15) is 9.59 Å². The molecule has 0 unspecified atom stereocenters. The van der Waals surface area contributed by atoms with E-state index in [0.717, 1.165) is 17.9 Å². The number of halogens is 1. The van der Waals surface area contributed by atoms with Crippen molar-refractivity contribution in [2.24, 2.45) is 16.8 Å². The van der Waals surface area contributed by atoms with E-state index >= 15 is 0 Å². The molecule has 1 saturated heterocycles. The van der Waals surface area contributed by atoms with Gasteiger partial charge in [-0.2, -0.15) is 0 Å². The zero-order valence-electron chi connectivity index (χ0n) is 21.0. The average Bonchev–Trinajstić information content (AvgIpc) is 3.70. The fourth-order valence-electron chi connectivity index (χ4n) is 4.05. The number of nitrogens with one attached hydrogen (secondary N) is 1. The van der Waals surface area contributed by atoms with Crippen molar-refractivity contribution in [1.29, 1.82) is 0 Å². The Hall–Kier alpha value is -3.14. The number of aromatic amines is 1. The molecule has 2 aliphatic rings. The first-order chi connectivity index (χ1) is 17.8. The summed E-state index contributed by atoms with van der Waals surface area (Å²) in [5.74, 6) is 0.612. The Balaban J connectivity index is 1.47. The van der Waals surface area contributed by atoms with Crippen molar-refractivity contribution in [1.82, 2.24) is 14.1 Å². The summed E-state index contributed by atoms with van der Waals surface area (Å²) in [5.41, 5.74) is 0.589. The lowest BCUT2D eigenvalue weighted by atomic mass is 10.1. The van der Waals surface area contributed by atoms with Gasteiger partial charge in [0.15, 0.2) is 5.79 Å². The number of rotatable bonds is 8. The van der Waals surface area contributed by atoms with Crippen molar-refractivity contribution in [3.63, 3.8) is 0 Å². The van der Waals surface area contributed by atoms with Gasteiger partial charge in [0.2, 0.25) is 5.62 Å². The lowest BCUT2D eigenvalue weighted by molar-refractivity contribution is -0.263. The third-order valence-corrected chi connectivity index (χ3v) is 6.72. The van der Waals surface area contributed by atoms with Gasteiger partial charge in [-0.3, -0.25) is 9.55 Å². The fraction of sp³-hybridized carbons (Fsp3) is 0.444. The van der Waals surface area contributed by atoms with Crippen LogP contribution in [0.25, 0.3) is 0 Å². The maximum atomic E-state index is 13.6. The van der Waals surface area contributed by atoms with Gasteiger partial charge in [0.05, 0.1) is 32.1 Å². The van der Waals surface area contributed by atoms with Gasteiger partial charge in [0, 0.05) is 17.5 Å². The molecule has 0 radical (unpaired) electrons. The minimum absolute atomic E-state index is 0.137. The summed E-state index contributed by atoms with van der Waals surface area (Å²) in [5, 5.41) is 0.599. The van der Waals surface area contributed by atoms with Gasteiger partial charge in [0.25, 0.3) is 0 Å². The number of H-pyrrole nitrogens is 1. The molecule has 2 heterocycles. The molecule has 1 aliphatic heterocycles. The number of hydrogen-bond acceptors (Lipinski definition) is 6. The normalized spacial score (nSPS) is 18.2. The van der Waals surface area contributed by atoms with Gasteiger partial charge >= 0.3 is 11.4 Å². The van der Waals surface area contributed by atoms with Crippen LogP contribution in [-0.2, 0) is 22.6 Å². The molecule has 0 bridgehead atoms. The van der Waals surface area contributed by atoms with E-state index in [-0.39, 0.29) is 24.6 Å². The summed E-state index contributed by atoms with van der Waals surface area (Å²) in [4.78, 5) is 34.0. The van der Waals surface area contributed by atoms with Crippen LogP contribution in [0.4, 0.5) is 5.69 Å². The highest BCUT2D eigenvalue weighted by Crippen LogP contribution is 2.30. The third kappa shape index (κ3) is 6.60. The molecule has 0 spiro atoms. The number of benzene rings is 2. The highest BCUT2D eigenvalue weighted by Gasteiger charge is 2.29. The van der Waals surface area contributed by atoms with Crippen LogP contribution < -0.4 is 21.7 Å². The molecule has 2 fully saturated rings. The van der Waals surface area contributed by atoms with Crippen LogP contribution in [0.1, 0.15) is 32.3 Å². The predicted octanol–water partition coefficient (Wildman–Crippen LogP) is 3.46.